The van der Waals surface area contributed by atoms with Crippen LogP contribution in [-0.2, 0) is 6.42 Å². The quantitative estimate of drug-likeness (QED) is 0.563. The molecule has 0 radical (unpaired) electrons. The minimum Gasteiger partial charge on any atom is -0.396 e. The smallest absolute Gasteiger partial charge is 0.323 e. The lowest BCUT2D eigenvalue weighted by molar-refractivity contribution is 0.219. The normalized spacial score (nSPS) is 12.9. The molecule has 0 aliphatic carbocycles. The maximum Gasteiger partial charge on any atom is 0.323 e. The average Bonchev–Trinajstić information content (AvgIpc) is 2.78. The number of aliphatic hydroxyl groups is 1. The Labute approximate surface area is 112 Å². The van der Waals surface area contributed by atoms with E-state index >= 15 is 0 Å². The number of hydrogen-bond acceptors (Lipinski definition) is 3. The van der Waals surface area contributed by atoms with Crippen molar-refractivity contribution in [2.24, 2.45) is 5.92 Å². The molecule has 4 N–H and O–H groups in total. The molecule has 104 valence electrons. The average molecular weight is 263 g/mol. The molecule has 5 heteroatoms. The Morgan fingerprint density at radius 3 is 2.84 bits per heavy atom. The van der Waals surface area contributed by atoms with Crippen LogP contribution >= 0.6 is 0 Å². The van der Waals surface area contributed by atoms with Crippen molar-refractivity contribution in [3.8, 4) is 0 Å². The molecule has 1 heterocycles. The highest BCUT2D eigenvalue weighted by molar-refractivity contribution is 5.74. The van der Waals surface area contributed by atoms with Crippen molar-refractivity contribution in [1.29, 1.82) is 0 Å². The van der Waals surface area contributed by atoms with Gasteiger partial charge in [-0.1, -0.05) is 13.0 Å². The van der Waals surface area contributed by atoms with E-state index in [0.29, 0.717) is 5.92 Å². The van der Waals surface area contributed by atoms with Gasteiger partial charge in [0.15, 0.2) is 0 Å². The van der Waals surface area contributed by atoms with Gasteiger partial charge in [-0.3, -0.25) is 0 Å². The fourth-order valence-electron chi connectivity index (χ4n) is 2.11. The molecule has 1 aromatic carbocycles. The molecule has 0 saturated heterocycles. The third kappa shape index (κ3) is 3.68. The van der Waals surface area contributed by atoms with Crippen LogP contribution in [0.5, 0.6) is 0 Å². The summed E-state index contributed by atoms with van der Waals surface area (Å²) in [6.07, 6.45) is 1.89. The first-order valence-corrected chi connectivity index (χ1v) is 6.75. The number of aromatic amines is 2. The molecular formula is C14H21N3O2. The Morgan fingerprint density at radius 1 is 1.32 bits per heavy atom. The van der Waals surface area contributed by atoms with Crippen LogP contribution in [0.4, 0.5) is 0 Å². The zero-order chi connectivity index (χ0) is 13.7. The van der Waals surface area contributed by atoms with E-state index in [4.69, 9.17) is 5.11 Å². The van der Waals surface area contributed by atoms with E-state index in [0.717, 1.165) is 37.0 Å². The monoisotopic (exact) mass is 263 g/mol. The number of benzene rings is 1. The zero-order valence-corrected chi connectivity index (χ0v) is 11.2. The summed E-state index contributed by atoms with van der Waals surface area (Å²) in [6, 6.07) is 5.94. The van der Waals surface area contributed by atoms with Crippen molar-refractivity contribution in [2.45, 2.75) is 19.8 Å². The standard InChI is InChI=1S/C14H21N3O2/c1-2-10(9-18)8-15-6-5-11-3-4-12-13(7-11)17-14(19)16-12/h3-4,7,10,15,18H,2,5-6,8-9H2,1H3,(H2,16,17,19). The van der Waals surface area contributed by atoms with Gasteiger partial charge in [-0.05, 0) is 43.0 Å². The number of H-pyrrole nitrogens is 2. The van der Waals surface area contributed by atoms with Crippen LogP contribution < -0.4 is 11.0 Å². The number of nitrogens with one attached hydrogen (secondary N) is 3. The van der Waals surface area contributed by atoms with Gasteiger partial charge in [0, 0.05) is 13.2 Å². The summed E-state index contributed by atoms with van der Waals surface area (Å²) in [5.41, 5.74) is 2.71. The molecule has 1 unspecified atom stereocenters. The summed E-state index contributed by atoms with van der Waals surface area (Å²) in [6.45, 7) is 4.03. The Hall–Kier alpha value is -1.59. The van der Waals surface area contributed by atoms with Crippen molar-refractivity contribution in [1.82, 2.24) is 15.3 Å². The van der Waals surface area contributed by atoms with E-state index in [1.54, 1.807) is 0 Å². The van der Waals surface area contributed by atoms with Gasteiger partial charge in [0.25, 0.3) is 0 Å². The molecule has 0 fully saturated rings. The van der Waals surface area contributed by atoms with Gasteiger partial charge < -0.3 is 20.4 Å². The highest BCUT2D eigenvalue weighted by Crippen LogP contribution is 2.10. The van der Waals surface area contributed by atoms with Crippen molar-refractivity contribution in [3.63, 3.8) is 0 Å². The molecule has 5 nitrogen and oxygen atoms in total. The second kappa shape index (κ2) is 6.54. The third-order valence-corrected chi connectivity index (χ3v) is 3.44. The van der Waals surface area contributed by atoms with Crippen molar-refractivity contribution in [3.05, 3.63) is 34.2 Å². The predicted octanol–water partition coefficient (Wildman–Crippen LogP) is 1.01. The van der Waals surface area contributed by atoms with Crippen molar-refractivity contribution >= 4 is 11.0 Å². The van der Waals surface area contributed by atoms with E-state index in [9.17, 15) is 4.79 Å². The maximum atomic E-state index is 11.2. The van der Waals surface area contributed by atoms with Gasteiger partial charge in [-0.2, -0.15) is 0 Å². The van der Waals surface area contributed by atoms with Crippen molar-refractivity contribution < 1.29 is 5.11 Å². The zero-order valence-electron chi connectivity index (χ0n) is 11.2. The lowest BCUT2D eigenvalue weighted by Gasteiger charge is -2.12. The molecule has 0 aliphatic rings. The van der Waals surface area contributed by atoms with Crippen molar-refractivity contribution in [2.75, 3.05) is 19.7 Å². The first-order valence-electron chi connectivity index (χ1n) is 6.75. The second-order valence-corrected chi connectivity index (χ2v) is 4.87. The molecule has 2 rings (SSSR count). The summed E-state index contributed by atoms with van der Waals surface area (Å²) in [7, 11) is 0. The minimum absolute atomic E-state index is 0.168. The van der Waals surface area contributed by atoms with E-state index in [-0.39, 0.29) is 12.3 Å². The number of aliphatic hydroxyl groups excluding tert-OH is 1. The van der Waals surface area contributed by atoms with Gasteiger partial charge >= 0.3 is 5.69 Å². The van der Waals surface area contributed by atoms with Crippen LogP contribution in [0.3, 0.4) is 0 Å². The fraction of sp³-hybridized carbons (Fsp3) is 0.500. The molecule has 0 amide bonds. The van der Waals surface area contributed by atoms with Crippen LogP contribution in [-0.4, -0.2) is 34.8 Å². The predicted molar refractivity (Wildman–Crippen MR) is 76.4 cm³/mol. The summed E-state index contributed by atoms with van der Waals surface area (Å²) in [5.74, 6) is 0.337. The van der Waals surface area contributed by atoms with Crippen LogP contribution in [0, 0.1) is 5.92 Å². The SMILES string of the molecule is CCC(CO)CNCCc1ccc2[nH]c(=O)[nH]c2c1. The van der Waals surface area contributed by atoms with Crippen LogP contribution in [0.25, 0.3) is 11.0 Å². The van der Waals surface area contributed by atoms with E-state index in [1.165, 1.54) is 5.56 Å². The van der Waals surface area contributed by atoms with Crippen LogP contribution in [0.1, 0.15) is 18.9 Å². The van der Waals surface area contributed by atoms with Crippen LogP contribution in [0.2, 0.25) is 0 Å². The molecule has 0 aliphatic heterocycles. The highest BCUT2D eigenvalue weighted by atomic mass is 16.3. The lowest BCUT2D eigenvalue weighted by atomic mass is 10.1. The highest BCUT2D eigenvalue weighted by Gasteiger charge is 2.04. The third-order valence-electron chi connectivity index (χ3n) is 3.44. The van der Waals surface area contributed by atoms with Gasteiger partial charge in [0.1, 0.15) is 0 Å². The molecule has 19 heavy (non-hydrogen) atoms. The Kier molecular flexibility index (Phi) is 4.76. The topological polar surface area (TPSA) is 80.9 Å². The first-order chi connectivity index (χ1) is 9.22. The molecule has 0 bridgehead atoms. The van der Waals surface area contributed by atoms with E-state index < -0.39 is 0 Å². The fourth-order valence-corrected chi connectivity index (χ4v) is 2.11. The second-order valence-electron chi connectivity index (χ2n) is 4.87. The number of hydrogen-bond donors (Lipinski definition) is 4. The lowest BCUT2D eigenvalue weighted by Crippen LogP contribution is -2.26. The Morgan fingerprint density at radius 2 is 2.11 bits per heavy atom. The largest absolute Gasteiger partial charge is 0.396 e. The number of rotatable bonds is 7. The van der Waals surface area contributed by atoms with Gasteiger partial charge in [-0.15, -0.1) is 0 Å². The number of aromatic nitrogens is 2. The molecular weight excluding hydrogens is 242 g/mol. The summed E-state index contributed by atoms with van der Waals surface area (Å²) < 4.78 is 0. The molecule has 0 spiro atoms. The molecule has 1 atom stereocenters. The summed E-state index contributed by atoms with van der Waals surface area (Å²) in [4.78, 5) is 16.6. The number of imidazole rings is 1. The molecule has 1 aromatic heterocycles. The van der Waals surface area contributed by atoms with Gasteiger partial charge in [0.2, 0.25) is 0 Å². The van der Waals surface area contributed by atoms with E-state index in [1.807, 2.05) is 18.2 Å². The first kappa shape index (κ1) is 13.8. The summed E-state index contributed by atoms with van der Waals surface area (Å²) in [5, 5.41) is 12.4. The van der Waals surface area contributed by atoms with Gasteiger partial charge in [-0.25, -0.2) is 4.79 Å². The Bertz CT molecular complexity index is 569. The van der Waals surface area contributed by atoms with Crippen LogP contribution in [0.15, 0.2) is 23.0 Å². The minimum atomic E-state index is -0.168. The maximum absolute atomic E-state index is 11.2. The van der Waals surface area contributed by atoms with E-state index in [2.05, 4.69) is 22.2 Å². The molecule has 0 saturated carbocycles. The van der Waals surface area contributed by atoms with Gasteiger partial charge in [0.05, 0.1) is 11.0 Å². The number of fused-ring (bicyclic) bond motifs is 1. The Balaban J connectivity index is 1.86. The summed E-state index contributed by atoms with van der Waals surface area (Å²) >= 11 is 0. The molecule has 2 aromatic rings.